The maximum absolute atomic E-state index is 12.9. The third-order valence-corrected chi connectivity index (χ3v) is 10.4. The molecular weight excluding hydrogens is 749 g/mol. The molecule has 2 rings (SSSR count). The first-order valence-electron chi connectivity index (χ1n) is 11.9. The molecule has 0 saturated carbocycles. The van der Waals surface area contributed by atoms with Crippen LogP contribution in [0.2, 0.25) is 20.1 Å². The van der Waals surface area contributed by atoms with E-state index < -0.39 is 43.5 Å². The molecule has 0 aliphatic rings. The predicted molar refractivity (Wildman–Crippen MR) is 175 cm³/mol. The highest BCUT2D eigenvalue weighted by atomic mass is 35.5. The van der Waals surface area contributed by atoms with Gasteiger partial charge in [-0.25, -0.2) is 26.4 Å². The molecule has 0 atom stereocenters. The quantitative estimate of drug-likeness (QED) is 0.177. The molecule has 2 aromatic rings. The molecular formula is C24H32Cl6N4O8S2. The number of esters is 2. The predicted octanol–water partition coefficient (Wildman–Crippen LogP) is 4.02. The molecule has 0 bridgehead atoms. The summed E-state index contributed by atoms with van der Waals surface area (Å²) in [6.07, 6.45) is 0. The van der Waals surface area contributed by atoms with Crippen molar-refractivity contribution in [2.24, 2.45) is 0 Å². The van der Waals surface area contributed by atoms with E-state index in [-0.39, 0.29) is 67.8 Å². The van der Waals surface area contributed by atoms with Crippen LogP contribution in [0.4, 0.5) is 0 Å². The molecule has 0 saturated heterocycles. The van der Waals surface area contributed by atoms with E-state index in [0.29, 0.717) is 13.1 Å². The summed E-state index contributed by atoms with van der Waals surface area (Å²) in [5.41, 5.74) is 0. The maximum Gasteiger partial charge on any atom is 0.423 e. The third kappa shape index (κ3) is 11.0. The lowest BCUT2D eigenvalue weighted by Gasteiger charge is -2.20. The number of hydrogen-bond donors (Lipinski definition) is 0. The lowest BCUT2D eigenvalue weighted by molar-refractivity contribution is -0.156. The van der Waals surface area contributed by atoms with Gasteiger partial charge in [-0.05, 0) is 52.5 Å². The number of carbonyl (C=O) groups is 2. The highest BCUT2D eigenvalue weighted by molar-refractivity contribution is 7.89. The number of halogens is 6. The minimum absolute atomic E-state index is 0. The lowest BCUT2D eigenvalue weighted by Crippen LogP contribution is -2.33. The van der Waals surface area contributed by atoms with Crippen LogP contribution in [0.5, 0.6) is 11.5 Å². The van der Waals surface area contributed by atoms with Gasteiger partial charge in [0.15, 0.2) is 11.5 Å². The van der Waals surface area contributed by atoms with Crippen LogP contribution >= 0.6 is 71.2 Å². The molecule has 0 aromatic heterocycles. The van der Waals surface area contributed by atoms with E-state index in [4.69, 9.17) is 55.9 Å². The van der Waals surface area contributed by atoms with E-state index in [1.807, 2.05) is 0 Å². The summed E-state index contributed by atoms with van der Waals surface area (Å²) in [5.74, 6) is -4.17. The van der Waals surface area contributed by atoms with Gasteiger partial charge in [0.25, 0.3) is 0 Å². The van der Waals surface area contributed by atoms with Crippen molar-refractivity contribution < 1.29 is 35.9 Å². The van der Waals surface area contributed by atoms with Crippen molar-refractivity contribution in [1.29, 1.82) is 0 Å². The highest BCUT2D eigenvalue weighted by Crippen LogP contribution is 2.38. The van der Waals surface area contributed by atoms with Crippen molar-refractivity contribution >= 4 is 103 Å². The van der Waals surface area contributed by atoms with Crippen LogP contribution in [-0.2, 0) is 29.6 Å². The monoisotopic (exact) mass is 778 g/mol. The second-order valence-corrected chi connectivity index (χ2v) is 15.2. The minimum Gasteiger partial charge on any atom is -0.415 e. The van der Waals surface area contributed by atoms with E-state index in [9.17, 15) is 26.4 Å². The van der Waals surface area contributed by atoms with Gasteiger partial charge in [-0.3, -0.25) is 0 Å². The normalized spacial score (nSPS) is 11.9. The van der Waals surface area contributed by atoms with Gasteiger partial charge in [0.05, 0.1) is 29.9 Å². The van der Waals surface area contributed by atoms with Gasteiger partial charge in [0.1, 0.15) is 0 Å². The summed E-state index contributed by atoms with van der Waals surface area (Å²) in [6, 6.07) is 4.08. The van der Waals surface area contributed by atoms with Crippen molar-refractivity contribution in [2.45, 2.75) is 9.79 Å². The number of carbonyl (C=O) groups excluding carboxylic acids is 2. The molecule has 0 unspecified atom stereocenters. The Morgan fingerprint density at radius 3 is 1.05 bits per heavy atom. The number of hydrogen-bond acceptors (Lipinski definition) is 10. The van der Waals surface area contributed by atoms with Crippen molar-refractivity contribution in [3.63, 3.8) is 0 Å². The van der Waals surface area contributed by atoms with Crippen LogP contribution in [0.25, 0.3) is 0 Å². The number of sulfonamides is 2. The first-order chi connectivity index (χ1) is 19.3. The Hall–Kier alpha value is -1.14. The second-order valence-electron chi connectivity index (χ2n) is 9.47. The van der Waals surface area contributed by atoms with Gasteiger partial charge >= 0.3 is 11.9 Å². The number of ether oxygens (including phenoxy) is 2. The molecule has 0 aliphatic carbocycles. The van der Waals surface area contributed by atoms with Gasteiger partial charge in [-0.2, -0.15) is 8.61 Å². The van der Waals surface area contributed by atoms with Gasteiger partial charge in [-0.1, -0.05) is 46.4 Å². The standard InChI is InChI=1S/C24H30Cl4N4O8S2.2ClH/c1-29(2)7-9-31(5)41(35,36)15-11-17(25)21(18(26)12-15)39-23(33)24(34)40-22-19(27)13-16(14-20(22)28)42(37,38)32(6)10-8-30(3)4;;/h11-14H,7-10H2,1-6H3;2*1H. The molecule has 0 N–H and O–H groups in total. The molecule has 0 amide bonds. The largest absolute Gasteiger partial charge is 0.423 e. The van der Waals surface area contributed by atoms with Crippen molar-refractivity contribution in [1.82, 2.24) is 18.4 Å². The Morgan fingerprint density at radius 2 is 0.818 bits per heavy atom. The van der Waals surface area contributed by atoms with Crippen molar-refractivity contribution in [3.8, 4) is 11.5 Å². The van der Waals surface area contributed by atoms with Crippen molar-refractivity contribution in [3.05, 3.63) is 44.4 Å². The smallest absolute Gasteiger partial charge is 0.415 e. The van der Waals surface area contributed by atoms with Gasteiger partial charge < -0.3 is 19.3 Å². The molecule has 0 aliphatic heterocycles. The zero-order chi connectivity index (χ0) is 32.2. The summed E-state index contributed by atoms with van der Waals surface area (Å²) in [6.45, 7) is 1.27. The molecule has 0 spiro atoms. The van der Waals surface area contributed by atoms with E-state index in [1.165, 1.54) is 14.1 Å². The zero-order valence-corrected chi connectivity index (χ0v) is 30.6. The fraction of sp³-hybridized carbons (Fsp3) is 0.417. The summed E-state index contributed by atoms with van der Waals surface area (Å²) < 4.78 is 63.7. The molecule has 12 nitrogen and oxygen atoms in total. The summed E-state index contributed by atoms with van der Waals surface area (Å²) in [7, 11) is 1.94. The summed E-state index contributed by atoms with van der Waals surface area (Å²) in [5, 5.41) is -1.47. The molecule has 2 aromatic carbocycles. The zero-order valence-electron chi connectivity index (χ0n) is 24.3. The Bertz CT molecular complexity index is 1400. The second kappa shape index (κ2) is 17.7. The SMILES string of the molecule is CN(C)CCN(C)S(=O)(=O)c1cc(Cl)c(OC(=O)C(=O)Oc2c(Cl)cc(S(=O)(=O)N(C)CCN(C)C)cc2Cl)c(Cl)c1.Cl.Cl. The van der Waals surface area contributed by atoms with Crippen molar-refractivity contribution in [2.75, 3.05) is 68.5 Å². The Balaban J connectivity index is 0.00000924. The molecule has 20 heteroatoms. The number of likely N-dealkylation sites (N-methyl/N-ethyl adjacent to an activating group) is 4. The van der Waals surface area contributed by atoms with E-state index in [1.54, 1.807) is 38.0 Å². The summed E-state index contributed by atoms with van der Waals surface area (Å²) >= 11 is 24.6. The van der Waals surface area contributed by atoms with Crippen LogP contribution < -0.4 is 9.47 Å². The van der Waals surface area contributed by atoms with E-state index in [2.05, 4.69) is 0 Å². The Labute approximate surface area is 289 Å². The molecule has 0 radical (unpaired) electrons. The first kappa shape index (κ1) is 42.9. The molecule has 44 heavy (non-hydrogen) atoms. The van der Waals surface area contributed by atoms with E-state index >= 15 is 0 Å². The Morgan fingerprint density at radius 1 is 0.568 bits per heavy atom. The fourth-order valence-corrected chi connectivity index (χ4v) is 6.93. The van der Waals surface area contributed by atoms with Crippen LogP contribution in [0, 0.1) is 0 Å². The molecule has 0 heterocycles. The average Bonchev–Trinajstić information content (AvgIpc) is 2.88. The van der Waals surface area contributed by atoms with Crippen LogP contribution in [-0.4, -0.2) is 116 Å². The third-order valence-electron chi connectivity index (χ3n) is 5.64. The number of nitrogens with zero attached hydrogens (tertiary/aromatic N) is 4. The van der Waals surface area contributed by atoms with Crippen LogP contribution in [0.3, 0.4) is 0 Å². The first-order valence-corrected chi connectivity index (χ1v) is 16.3. The topological polar surface area (TPSA) is 134 Å². The van der Waals surface area contributed by atoms with E-state index in [0.717, 1.165) is 32.9 Å². The number of benzene rings is 2. The van der Waals surface area contributed by atoms with Gasteiger partial charge in [-0.15, -0.1) is 24.8 Å². The Kier molecular flexibility index (Phi) is 17.2. The van der Waals surface area contributed by atoms with Gasteiger partial charge in [0.2, 0.25) is 20.0 Å². The minimum atomic E-state index is -3.99. The van der Waals surface area contributed by atoms with Gasteiger partial charge in [0, 0.05) is 40.3 Å². The van der Waals surface area contributed by atoms with Crippen LogP contribution in [0.1, 0.15) is 0 Å². The maximum atomic E-state index is 12.9. The summed E-state index contributed by atoms with van der Waals surface area (Å²) in [4.78, 5) is 28.1. The average molecular weight is 781 g/mol. The lowest BCUT2D eigenvalue weighted by atomic mass is 10.3. The number of rotatable bonds is 12. The molecule has 0 fully saturated rings. The fourth-order valence-electron chi connectivity index (χ4n) is 3.12. The highest BCUT2D eigenvalue weighted by Gasteiger charge is 2.29. The molecule has 250 valence electrons. The van der Waals surface area contributed by atoms with Crippen LogP contribution in [0.15, 0.2) is 34.1 Å².